The number of fused-ring (bicyclic) bond motifs is 7. The van der Waals surface area contributed by atoms with Crippen molar-refractivity contribution in [1.29, 1.82) is 0 Å². The molecular weight excluding hydrogens is 607 g/mol. The molecule has 0 N–H and O–H groups in total. The summed E-state index contributed by atoms with van der Waals surface area (Å²) in [6.45, 7) is 0. The van der Waals surface area contributed by atoms with Gasteiger partial charge in [-0.25, -0.2) is 0 Å². The van der Waals surface area contributed by atoms with Gasteiger partial charge in [0.15, 0.2) is 0 Å². The van der Waals surface area contributed by atoms with E-state index in [1.165, 1.54) is 54.9 Å². The number of hydrogen-bond donors (Lipinski definition) is 0. The Balaban J connectivity index is 1.01. The van der Waals surface area contributed by atoms with E-state index in [1.54, 1.807) is 0 Å². The highest BCUT2D eigenvalue weighted by Crippen LogP contribution is 2.43. The maximum absolute atomic E-state index is 6.31. The zero-order valence-corrected chi connectivity index (χ0v) is 27.3. The lowest BCUT2D eigenvalue weighted by Crippen LogP contribution is -2.19. The van der Waals surface area contributed by atoms with Crippen molar-refractivity contribution in [1.82, 2.24) is 4.98 Å². The molecule has 2 aromatic heterocycles. The third-order valence-corrected chi connectivity index (χ3v) is 10.1. The summed E-state index contributed by atoms with van der Waals surface area (Å²) in [5, 5.41) is 7.26. The molecule has 234 valence electrons. The van der Waals surface area contributed by atoms with Gasteiger partial charge in [0.1, 0.15) is 11.0 Å². The Kier molecular flexibility index (Phi) is 6.60. The predicted molar refractivity (Wildman–Crippen MR) is 209 cm³/mol. The summed E-state index contributed by atoms with van der Waals surface area (Å²) in [4.78, 5) is 5.01. The van der Waals surface area contributed by atoms with Crippen molar-refractivity contribution < 1.29 is 4.42 Å². The molecular formula is C48H31NO. The number of aromatic nitrogens is 1. The summed E-state index contributed by atoms with van der Waals surface area (Å²) in [5.74, 6) is 0. The van der Waals surface area contributed by atoms with Gasteiger partial charge in [0.05, 0.1) is 5.69 Å². The maximum Gasteiger partial charge on any atom is 0.135 e. The molecule has 2 nitrogen and oxygen atoms in total. The number of furan rings is 1. The van der Waals surface area contributed by atoms with Gasteiger partial charge in [0.25, 0.3) is 0 Å². The van der Waals surface area contributed by atoms with Crippen molar-refractivity contribution >= 4 is 44.7 Å². The summed E-state index contributed by atoms with van der Waals surface area (Å²) in [7, 11) is 0. The molecule has 0 atom stereocenters. The van der Waals surface area contributed by atoms with Crippen molar-refractivity contribution in [3.63, 3.8) is 0 Å². The molecule has 0 saturated heterocycles. The number of benzene rings is 6. The molecule has 8 aromatic rings. The third-order valence-electron chi connectivity index (χ3n) is 10.1. The maximum atomic E-state index is 6.31. The van der Waals surface area contributed by atoms with Gasteiger partial charge < -0.3 is 4.42 Å². The molecule has 6 aromatic carbocycles. The highest BCUT2D eigenvalue weighted by Gasteiger charge is 2.17. The van der Waals surface area contributed by atoms with Gasteiger partial charge in [-0.3, -0.25) is 4.98 Å². The molecule has 10 rings (SSSR count). The van der Waals surface area contributed by atoms with Gasteiger partial charge in [0, 0.05) is 27.9 Å². The average Bonchev–Trinajstić information content (AvgIpc) is 3.28. The average molecular weight is 638 g/mol. The smallest absolute Gasteiger partial charge is 0.135 e. The summed E-state index contributed by atoms with van der Waals surface area (Å²) in [6, 6.07) is 47.8. The Morgan fingerprint density at radius 3 is 1.70 bits per heavy atom. The number of rotatable bonds is 4. The molecule has 2 aliphatic carbocycles. The van der Waals surface area contributed by atoms with E-state index >= 15 is 0 Å². The Morgan fingerprint density at radius 1 is 0.460 bits per heavy atom. The van der Waals surface area contributed by atoms with Crippen LogP contribution in [0.5, 0.6) is 0 Å². The van der Waals surface area contributed by atoms with Gasteiger partial charge in [-0.1, -0.05) is 140 Å². The molecule has 0 spiro atoms. The van der Waals surface area contributed by atoms with Crippen molar-refractivity contribution in [2.45, 2.75) is 6.42 Å². The fourth-order valence-corrected chi connectivity index (χ4v) is 7.74. The summed E-state index contributed by atoms with van der Waals surface area (Å²) >= 11 is 0. The lowest BCUT2D eigenvalue weighted by Gasteiger charge is -2.17. The summed E-state index contributed by atoms with van der Waals surface area (Å²) in [5.41, 5.74) is 13.6. The van der Waals surface area contributed by atoms with Crippen LogP contribution in [0.25, 0.3) is 89.3 Å². The van der Waals surface area contributed by atoms with Crippen LogP contribution >= 0.6 is 0 Å². The van der Waals surface area contributed by atoms with E-state index in [4.69, 9.17) is 9.40 Å². The van der Waals surface area contributed by atoms with Gasteiger partial charge in [-0.05, 0) is 97.3 Å². The monoisotopic (exact) mass is 637 g/mol. The quantitative estimate of drug-likeness (QED) is 0.180. The molecule has 0 aliphatic heterocycles. The first-order chi connectivity index (χ1) is 24.8. The molecule has 0 fully saturated rings. The Hall–Kier alpha value is -6.51. The van der Waals surface area contributed by atoms with E-state index in [0.29, 0.717) is 0 Å². The molecule has 0 radical (unpaired) electrons. The van der Waals surface area contributed by atoms with Crippen LogP contribution in [0.1, 0.15) is 6.42 Å². The standard InChI is InChI=1S/C48H31NO/c1-2-12-35(13-3-1)47-38-14-6-8-16-40(38)48(41-17-9-7-15-39(41)47)37-22-24-44(49-30-37)34-20-18-33(19-21-34)36-23-25-45-43(29-36)42-27-31-10-4-5-11-32(26-31)28-46(42)50-45/h1-25,27-30H,26H2. The van der Waals surface area contributed by atoms with Crippen molar-refractivity contribution in [2.75, 3.05) is 0 Å². The van der Waals surface area contributed by atoms with E-state index < -0.39 is 0 Å². The van der Waals surface area contributed by atoms with Crippen molar-refractivity contribution in [3.05, 3.63) is 186 Å². The topological polar surface area (TPSA) is 26.0 Å². The molecule has 0 amide bonds. The third kappa shape index (κ3) is 4.76. The Bertz CT molecular complexity index is 2790. The van der Waals surface area contributed by atoms with Crippen LogP contribution in [0, 0.1) is 0 Å². The van der Waals surface area contributed by atoms with Gasteiger partial charge in [-0.2, -0.15) is 0 Å². The second kappa shape index (κ2) is 11.6. The number of pyridine rings is 1. The number of nitrogens with zero attached hydrogens (tertiary/aromatic N) is 1. The number of allylic oxidation sites excluding steroid dienone is 6. The van der Waals surface area contributed by atoms with E-state index in [0.717, 1.165) is 50.4 Å². The zero-order chi connectivity index (χ0) is 33.0. The minimum Gasteiger partial charge on any atom is -0.456 e. The van der Waals surface area contributed by atoms with Crippen LogP contribution in [0.2, 0.25) is 0 Å². The van der Waals surface area contributed by atoms with E-state index in [-0.39, 0.29) is 0 Å². The van der Waals surface area contributed by atoms with Crippen LogP contribution in [0.15, 0.2) is 180 Å². The number of hydrogen-bond acceptors (Lipinski definition) is 2. The van der Waals surface area contributed by atoms with Crippen molar-refractivity contribution in [3.8, 4) is 44.6 Å². The van der Waals surface area contributed by atoms with E-state index in [9.17, 15) is 0 Å². The summed E-state index contributed by atoms with van der Waals surface area (Å²) < 4.78 is 6.31. The molecule has 2 heteroatoms. The van der Waals surface area contributed by atoms with Gasteiger partial charge in [0.2, 0.25) is 0 Å². The molecule has 2 aliphatic rings. The van der Waals surface area contributed by atoms with Crippen LogP contribution < -0.4 is 10.6 Å². The first-order valence-corrected chi connectivity index (χ1v) is 17.2. The second-order valence-electron chi connectivity index (χ2n) is 13.1. The van der Waals surface area contributed by atoms with Crippen LogP contribution in [-0.2, 0) is 0 Å². The minimum atomic E-state index is 0.912. The Morgan fingerprint density at radius 2 is 1.04 bits per heavy atom. The lowest BCUT2D eigenvalue weighted by atomic mass is 9.86. The lowest BCUT2D eigenvalue weighted by molar-refractivity contribution is 0.575. The first-order valence-electron chi connectivity index (χ1n) is 17.2. The largest absolute Gasteiger partial charge is 0.456 e. The SMILES string of the molecule is C1=CC=C2C=c3c(oc4ccc(-c5ccc(-c6ccc(-c7c8ccccc8c(-c8ccccc8)c8ccccc78)cn6)cc5)cc34)=CC(=C1)C2. The molecule has 0 saturated carbocycles. The molecule has 50 heavy (non-hydrogen) atoms. The molecule has 0 unspecified atom stereocenters. The Labute approximate surface area is 290 Å². The first kappa shape index (κ1) is 28.5. The van der Waals surface area contributed by atoms with Crippen LogP contribution in [0.3, 0.4) is 0 Å². The van der Waals surface area contributed by atoms with Crippen molar-refractivity contribution in [2.24, 2.45) is 0 Å². The fourth-order valence-electron chi connectivity index (χ4n) is 7.74. The predicted octanol–water partition coefficient (Wildman–Crippen LogP) is 11.2. The summed E-state index contributed by atoms with van der Waals surface area (Å²) in [6.07, 6.45) is 16.0. The van der Waals surface area contributed by atoms with E-state index in [2.05, 4.69) is 170 Å². The van der Waals surface area contributed by atoms with Crippen LogP contribution in [-0.4, -0.2) is 4.98 Å². The molecule has 2 heterocycles. The van der Waals surface area contributed by atoms with Crippen LogP contribution in [0.4, 0.5) is 0 Å². The highest BCUT2D eigenvalue weighted by atomic mass is 16.3. The van der Waals surface area contributed by atoms with Gasteiger partial charge in [-0.15, -0.1) is 0 Å². The highest BCUT2D eigenvalue weighted by molar-refractivity contribution is 6.21. The zero-order valence-electron chi connectivity index (χ0n) is 27.3. The van der Waals surface area contributed by atoms with E-state index in [1.807, 2.05) is 6.20 Å². The fraction of sp³-hybridized carbons (Fsp3) is 0.0208. The normalized spacial score (nSPS) is 13.6. The molecule has 2 bridgehead atoms. The minimum absolute atomic E-state index is 0.912. The van der Waals surface area contributed by atoms with Gasteiger partial charge >= 0.3 is 0 Å². The second-order valence-corrected chi connectivity index (χ2v) is 13.1.